The normalized spacial score (nSPS) is 9.81. The van der Waals surface area contributed by atoms with Gasteiger partial charge in [0.05, 0.1) is 32.5 Å². The van der Waals surface area contributed by atoms with Crippen LogP contribution in [0.2, 0.25) is 0 Å². The Balaban J connectivity index is 0.00000338. The molecule has 135 valence electrons. The third-order valence-electron chi connectivity index (χ3n) is 3.54. The Bertz CT molecular complexity index is 847. The van der Waals surface area contributed by atoms with Crippen molar-refractivity contribution < 1.29 is 71.8 Å². The van der Waals surface area contributed by atoms with Gasteiger partial charge in [0.15, 0.2) is 23.0 Å². The first-order chi connectivity index (χ1) is 11.8. The summed E-state index contributed by atoms with van der Waals surface area (Å²) in [7, 11) is 3.99. The molecule has 1 radical (unpaired) electrons. The minimum absolute atomic E-state index is 0. The number of phenolic OH excluding ortho intramolecular Hbond substituents is 1. The van der Waals surface area contributed by atoms with Crippen LogP contribution in [-0.2, 0) is 32.7 Å². The molecule has 2 aromatic rings. The number of aromatic carboxylic acids is 2. The molecule has 0 saturated heterocycles. The van der Waals surface area contributed by atoms with Crippen molar-refractivity contribution in [2.45, 2.75) is 0 Å². The first kappa shape index (κ1) is 21.7. The van der Waals surface area contributed by atoms with Gasteiger partial charge in [-0.15, -0.1) is 0 Å². The molecule has 0 amide bonds. The van der Waals surface area contributed by atoms with Crippen LogP contribution in [0.5, 0.6) is 23.0 Å². The number of ether oxygens (including phenoxy) is 3. The molecule has 0 saturated carbocycles. The molecule has 0 aromatic heterocycles. The monoisotopic (exact) mass is 437 g/mol. The van der Waals surface area contributed by atoms with Crippen molar-refractivity contribution in [3.63, 3.8) is 0 Å². The molecule has 0 aliphatic carbocycles. The second-order valence-electron chi connectivity index (χ2n) is 4.95. The molecule has 0 bridgehead atoms. The zero-order valence-corrected chi connectivity index (χ0v) is 17.1. The number of methoxy groups -OCH3 is 3. The molecule has 9 heteroatoms. The summed E-state index contributed by atoms with van der Waals surface area (Å²) in [5.41, 5.74) is 0.0534. The predicted octanol–water partition coefficient (Wildman–Crippen LogP) is 2.48. The van der Waals surface area contributed by atoms with Crippen LogP contribution >= 0.6 is 0 Å². The summed E-state index contributed by atoms with van der Waals surface area (Å²) in [6.45, 7) is 0. The third kappa shape index (κ3) is 4.08. The van der Waals surface area contributed by atoms with Crippen molar-refractivity contribution in [1.82, 2.24) is 0 Å². The topological polar surface area (TPSA) is 123 Å². The Morgan fingerprint density at radius 2 is 1.23 bits per heavy atom. The van der Waals surface area contributed by atoms with Gasteiger partial charge in [0.2, 0.25) is 0 Å². The van der Waals surface area contributed by atoms with Crippen molar-refractivity contribution in [3.05, 3.63) is 35.4 Å². The van der Waals surface area contributed by atoms with E-state index in [0.717, 1.165) is 6.07 Å². The van der Waals surface area contributed by atoms with Gasteiger partial charge in [-0.05, 0) is 24.3 Å². The van der Waals surface area contributed by atoms with Crippen LogP contribution in [0.3, 0.4) is 0 Å². The molecule has 0 fully saturated rings. The van der Waals surface area contributed by atoms with E-state index in [1.54, 1.807) is 0 Å². The maximum absolute atomic E-state index is 11.4. The number of phenols is 1. The van der Waals surface area contributed by atoms with Gasteiger partial charge in [0.25, 0.3) is 0 Å². The Kier molecular flexibility index (Phi) is 7.41. The van der Waals surface area contributed by atoms with E-state index in [9.17, 15) is 24.9 Å². The molecule has 8 nitrogen and oxygen atoms in total. The fourth-order valence-electron chi connectivity index (χ4n) is 2.44. The quantitative estimate of drug-likeness (QED) is 0.630. The number of carbonyl (C=O) groups is 2. The van der Waals surface area contributed by atoms with E-state index in [2.05, 4.69) is 0 Å². The molecule has 0 aliphatic rings. The minimum atomic E-state index is -1.26. The van der Waals surface area contributed by atoms with E-state index in [4.69, 9.17) is 14.2 Å². The van der Waals surface area contributed by atoms with Crippen molar-refractivity contribution in [2.75, 3.05) is 21.3 Å². The number of rotatable bonds is 6. The van der Waals surface area contributed by atoms with Gasteiger partial charge in [-0.25, -0.2) is 9.59 Å². The van der Waals surface area contributed by atoms with Crippen LogP contribution in [0.1, 0.15) is 20.7 Å². The number of benzene rings is 2. The van der Waals surface area contributed by atoms with Crippen LogP contribution in [0, 0.1) is 0 Å². The Morgan fingerprint density at radius 1 is 0.769 bits per heavy atom. The molecule has 3 N–H and O–H groups in total. The molecule has 0 aliphatic heterocycles. The second-order valence-corrected chi connectivity index (χ2v) is 4.95. The molecule has 2 rings (SSSR count). The summed E-state index contributed by atoms with van der Waals surface area (Å²) < 4.78 is 15.6. The molecular weight excluding hydrogens is 421 g/mol. The molecule has 0 heterocycles. The Hall–Kier alpha value is -2.32. The third-order valence-corrected chi connectivity index (χ3v) is 3.54. The van der Waals surface area contributed by atoms with Gasteiger partial charge in [0, 0.05) is 43.8 Å². The summed E-state index contributed by atoms with van der Waals surface area (Å²) in [5, 5.41) is 28.6. The SMILES string of the molecule is COc1cc(C(=O)O)cc(-c2cc(C(=O)O)cc(O)c2OC)c1OC.[Y]. The largest absolute Gasteiger partial charge is 0.504 e. The summed E-state index contributed by atoms with van der Waals surface area (Å²) in [5.74, 6) is -2.58. The summed E-state index contributed by atoms with van der Waals surface area (Å²) in [6.07, 6.45) is 0. The van der Waals surface area contributed by atoms with Crippen LogP contribution in [0.25, 0.3) is 11.1 Å². The zero-order valence-electron chi connectivity index (χ0n) is 14.3. The maximum Gasteiger partial charge on any atom is 0.335 e. The Labute approximate surface area is 174 Å². The first-order valence-corrected chi connectivity index (χ1v) is 6.98. The average Bonchev–Trinajstić information content (AvgIpc) is 2.59. The van der Waals surface area contributed by atoms with Gasteiger partial charge in [-0.2, -0.15) is 0 Å². The smallest absolute Gasteiger partial charge is 0.335 e. The number of aromatic hydroxyl groups is 1. The molecule has 26 heavy (non-hydrogen) atoms. The van der Waals surface area contributed by atoms with Crippen LogP contribution in [0.4, 0.5) is 0 Å². The number of carboxylic acid groups (broad SMARTS) is 2. The van der Waals surface area contributed by atoms with E-state index >= 15 is 0 Å². The van der Waals surface area contributed by atoms with Crippen molar-refractivity contribution in [1.29, 1.82) is 0 Å². The molecule has 0 atom stereocenters. The Morgan fingerprint density at radius 3 is 1.65 bits per heavy atom. The van der Waals surface area contributed by atoms with Crippen molar-refractivity contribution in [3.8, 4) is 34.1 Å². The number of hydrogen-bond donors (Lipinski definition) is 3. The predicted molar refractivity (Wildman–Crippen MR) is 87.1 cm³/mol. The fraction of sp³-hybridized carbons (Fsp3) is 0.176. The van der Waals surface area contributed by atoms with Crippen LogP contribution in [-0.4, -0.2) is 48.6 Å². The van der Waals surface area contributed by atoms with E-state index in [1.807, 2.05) is 0 Å². The fourth-order valence-corrected chi connectivity index (χ4v) is 2.44. The standard InChI is InChI=1S/C17H16O8.Y/c1-23-13-7-9(17(21)22)5-11(15(13)25-3)10-4-8(16(19)20)6-12(18)14(10)24-2;/h4-7,18H,1-3H3,(H,19,20)(H,21,22);. The van der Waals surface area contributed by atoms with E-state index in [0.29, 0.717) is 0 Å². The zero-order chi connectivity index (χ0) is 18.7. The maximum atomic E-state index is 11.4. The van der Waals surface area contributed by atoms with E-state index in [-0.39, 0.29) is 72.2 Å². The van der Waals surface area contributed by atoms with Crippen LogP contribution in [0.15, 0.2) is 24.3 Å². The van der Waals surface area contributed by atoms with Gasteiger partial charge in [0.1, 0.15) is 0 Å². The molecule has 0 spiro atoms. The first-order valence-electron chi connectivity index (χ1n) is 6.98. The van der Waals surface area contributed by atoms with Crippen LogP contribution < -0.4 is 14.2 Å². The summed E-state index contributed by atoms with van der Waals surface area (Å²) in [4.78, 5) is 22.7. The van der Waals surface area contributed by atoms with Gasteiger partial charge >= 0.3 is 11.9 Å². The molecular formula is C17H16O8Y. The summed E-state index contributed by atoms with van der Waals surface area (Å²) >= 11 is 0. The number of carboxylic acids is 2. The van der Waals surface area contributed by atoms with Gasteiger partial charge in [-0.1, -0.05) is 0 Å². The van der Waals surface area contributed by atoms with Crippen molar-refractivity contribution in [2.24, 2.45) is 0 Å². The molecule has 2 aromatic carbocycles. The second kappa shape index (κ2) is 8.87. The van der Waals surface area contributed by atoms with E-state index in [1.165, 1.54) is 39.5 Å². The van der Waals surface area contributed by atoms with Gasteiger partial charge in [-0.3, -0.25) is 0 Å². The summed E-state index contributed by atoms with van der Waals surface area (Å²) in [6, 6.07) is 4.85. The van der Waals surface area contributed by atoms with Gasteiger partial charge < -0.3 is 29.5 Å². The minimum Gasteiger partial charge on any atom is -0.504 e. The number of hydrogen-bond acceptors (Lipinski definition) is 6. The van der Waals surface area contributed by atoms with Crippen molar-refractivity contribution >= 4 is 11.9 Å². The average molecular weight is 437 g/mol. The van der Waals surface area contributed by atoms with E-state index < -0.39 is 17.7 Å². The molecule has 0 unspecified atom stereocenters.